The van der Waals surface area contributed by atoms with E-state index in [0.717, 1.165) is 42.6 Å². The van der Waals surface area contributed by atoms with Crippen LogP contribution in [0.4, 0.5) is 14.5 Å². The molecule has 1 aromatic carbocycles. The van der Waals surface area contributed by atoms with Gasteiger partial charge in [0.1, 0.15) is 11.9 Å². The summed E-state index contributed by atoms with van der Waals surface area (Å²) < 4.78 is 39.2. The van der Waals surface area contributed by atoms with Crippen molar-refractivity contribution in [2.24, 2.45) is 0 Å². The molecular weight excluding hydrogens is 566 g/mol. The van der Waals surface area contributed by atoms with Crippen molar-refractivity contribution in [2.45, 2.75) is 90.0 Å². The fourth-order valence-electron chi connectivity index (χ4n) is 6.35. The van der Waals surface area contributed by atoms with Gasteiger partial charge >= 0.3 is 0 Å². The smallest absolute Gasteiger partial charge is 0.253 e. The van der Waals surface area contributed by atoms with Gasteiger partial charge in [-0.3, -0.25) is 14.5 Å². The number of pyridine rings is 1. The number of alkyl halides is 2. The van der Waals surface area contributed by atoms with Gasteiger partial charge in [-0.05, 0) is 51.3 Å². The fourth-order valence-corrected chi connectivity index (χ4v) is 6.66. The molecule has 5 rings (SSSR count). The number of hydrogen-bond donors (Lipinski definition) is 2. The van der Waals surface area contributed by atoms with Gasteiger partial charge in [0.25, 0.3) is 17.4 Å². The van der Waals surface area contributed by atoms with E-state index in [0.29, 0.717) is 49.2 Å². The van der Waals surface area contributed by atoms with E-state index >= 15 is 0 Å². The lowest BCUT2D eigenvalue weighted by molar-refractivity contribution is -0.0811. The number of aromatic nitrogens is 1. The third-order valence-electron chi connectivity index (χ3n) is 8.89. The lowest BCUT2D eigenvalue weighted by Crippen LogP contribution is -2.53. The van der Waals surface area contributed by atoms with Crippen LogP contribution in [0.2, 0.25) is 5.02 Å². The molecule has 230 valence electrons. The van der Waals surface area contributed by atoms with Gasteiger partial charge in [-0.25, -0.2) is 8.78 Å². The molecule has 3 aliphatic rings. The second-order valence-electron chi connectivity index (χ2n) is 11.8. The number of likely N-dealkylation sites (tertiary alicyclic amines) is 1. The summed E-state index contributed by atoms with van der Waals surface area (Å²) in [6.45, 7) is 8.61. The summed E-state index contributed by atoms with van der Waals surface area (Å²) in [6, 6.07) is 5.88. The third kappa shape index (κ3) is 6.92. The van der Waals surface area contributed by atoms with Crippen molar-refractivity contribution in [2.75, 3.05) is 37.7 Å². The molecule has 0 radical (unpaired) electrons. The van der Waals surface area contributed by atoms with Gasteiger partial charge in [-0.15, -0.1) is 0 Å². The van der Waals surface area contributed by atoms with E-state index in [4.69, 9.17) is 21.1 Å². The molecule has 2 aliphatic heterocycles. The van der Waals surface area contributed by atoms with E-state index in [1.165, 1.54) is 0 Å². The molecule has 8 nitrogen and oxygen atoms in total. The molecule has 0 spiro atoms. The predicted molar refractivity (Wildman–Crippen MR) is 159 cm³/mol. The number of piperidine rings is 1. The molecule has 0 bridgehead atoms. The second-order valence-corrected chi connectivity index (χ2v) is 12.2. The molecule has 2 saturated heterocycles. The number of aryl methyl sites for hydroxylation is 2. The molecule has 42 heavy (non-hydrogen) atoms. The van der Waals surface area contributed by atoms with E-state index < -0.39 is 11.8 Å². The maximum absolute atomic E-state index is 13.6. The highest BCUT2D eigenvalue weighted by atomic mass is 35.5. The van der Waals surface area contributed by atoms with Crippen molar-refractivity contribution in [1.29, 1.82) is 0 Å². The standard InChI is InChI=1S/C31H41ClF2N4O4/c1-4-38(21-5-11-41-12-6-21)27-17-24(42-23-14-22(15-23)37-9-7-31(33,34)8-10-37)16-25(28(27)32)29(39)35-18-26-19(2)13-20(3)36-30(26)40/h13,16-17,21-23H,4-12,14-15,18H2,1-3H3,(H,35,39)(H,36,40)/t22-,23-. The van der Waals surface area contributed by atoms with Crippen LogP contribution >= 0.6 is 11.6 Å². The maximum atomic E-state index is 13.6. The zero-order valence-corrected chi connectivity index (χ0v) is 25.4. The van der Waals surface area contributed by atoms with Crippen molar-refractivity contribution in [3.05, 3.63) is 56.0 Å². The van der Waals surface area contributed by atoms with Gasteiger partial charge < -0.3 is 24.7 Å². The van der Waals surface area contributed by atoms with Crippen molar-refractivity contribution < 1.29 is 23.0 Å². The number of halogens is 3. The lowest BCUT2D eigenvalue weighted by atomic mass is 9.86. The largest absolute Gasteiger partial charge is 0.490 e. The van der Waals surface area contributed by atoms with Crippen LogP contribution in [0, 0.1) is 13.8 Å². The second kappa shape index (κ2) is 12.9. The fraction of sp³-hybridized carbons (Fsp3) is 0.613. The summed E-state index contributed by atoms with van der Waals surface area (Å²) in [7, 11) is 0. The van der Waals surface area contributed by atoms with E-state index in [1.54, 1.807) is 6.07 Å². The van der Waals surface area contributed by atoms with Crippen molar-refractivity contribution in [3.8, 4) is 5.75 Å². The number of rotatable bonds is 9. The normalized spacial score (nSPS) is 22.8. The lowest BCUT2D eigenvalue weighted by Gasteiger charge is -2.45. The quantitative estimate of drug-likeness (QED) is 0.407. The van der Waals surface area contributed by atoms with Crippen molar-refractivity contribution in [3.63, 3.8) is 0 Å². The highest BCUT2D eigenvalue weighted by Gasteiger charge is 2.41. The van der Waals surface area contributed by atoms with E-state index in [9.17, 15) is 18.4 Å². The number of aromatic amines is 1. The summed E-state index contributed by atoms with van der Waals surface area (Å²) >= 11 is 6.94. The molecule has 1 amide bonds. The summed E-state index contributed by atoms with van der Waals surface area (Å²) in [4.78, 5) is 33.2. The first-order valence-corrected chi connectivity index (χ1v) is 15.4. The van der Waals surface area contributed by atoms with Gasteiger partial charge in [0.2, 0.25) is 0 Å². The maximum Gasteiger partial charge on any atom is 0.253 e. The Morgan fingerprint density at radius 1 is 1.19 bits per heavy atom. The van der Waals surface area contributed by atoms with Crippen LogP contribution < -0.4 is 20.5 Å². The summed E-state index contributed by atoms with van der Waals surface area (Å²) in [6.07, 6.45) is 2.93. The average Bonchev–Trinajstić information content (AvgIpc) is 2.92. The van der Waals surface area contributed by atoms with Crippen molar-refractivity contribution in [1.82, 2.24) is 15.2 Å². The molecular formula is C31H41ClF2N4O4. The Morgan fingerprint density at radius 2 is 1.88 bits per heavy atom. The zero-order chi connectivity index (χ0) is 30.0. The van der Waals surface area contributed by atoms with Crippen LogP contribution in [0.25, 0.3) is 0 Å². The van der Waals surface area contributed by atoms with Crippen LogP contribution in [0.5, 0.6) is 5.75 Å². The predicted octanol–water partition coefficient (Wildman–Crippen LogP) is 5.22. The van der Waals surface area contributed by atoms with E-state index in [-0.39, 0.29) is 48.7 Å². The SMILES string of the molecule is CCN(c1cc(O[C@H]2C[C@H](N3CCC(F)(F)CC3)C2)cc(C(=O)NCc2c(C)cc(C)[nH]c2=O)c1Cl)C1CCOCC1. The number of nitrogens with one attached hydrogen (secondary N) is 2. The number of H-pyrrole nitrogens is 1. The molecule has 3 fully saturated rings. The Bertz CT molecular complexity index is 1330. The summed E-state index contributed by atoms with van der Waals surface area (Å²) in [5.41, 5.74) is 2.83. The molecule has 1 aromatic heterocycles. The minimum Gasteiger partial charge on any atom is -0.490 e. The number of anilines is 1. The third-order valence-corrected chi connectivity index (χ3v) is 9.29. The number of benzene rings is 1. The first-order chi connectivity index (χ1) is 20.0. The highest BCUT2D eigenvalue weighted by Crippen LogP contribution is 2.39. The van der Waals surface area contributed by atoms with Gasteiger partial charge in [0.15, 0.2) is 0 Å². The Balaban J connectivity index is 1.35. The van der Waals surface area contributed by atoms with Crippen LogP contribution in [0.1, 0.15) is 72.6 Å². The molecule has 1 saturated carbocycles. The molecule has 0 atom stereocenters. The minimum absolute atomic E-state index is 0.0632. The van der Waals surface area contributed by atoms with Crippen LogP contribution in [0.15, 0.2) is 23.0 Å². The van der Waals surface area contributed by atoms with Gasteiger partial charge in [0.05, 0.1) is 16.3 Å². The van der Waals surface area contributed by atoms with Gasteiger partial charge in [-0.1, -0.05) is 11.6 Å². The van der Waals surface area contributed by atoms with Crippen molar-refractivity contribution >= 4 is 23.2 Å². The topological polar surface area (TPSA) is 86.9 Å². The Hall–Kier alpha value is -2.69. The molecule has 1 aliphatic carbocycles. The average molecular weight is 607 g/mol. The van der Waals surface area contributed by atoms with Gasteiger partial charge in [-0.2, -0.15) is 0 Å². The molecule has 2 N–H and O–H groups in total. The molecule has 2 aromatic rings. The molecule has 0 unspecified atom stereocenters. The number of hydrogen-bond acceptors (Lipinski definition) is 6. The highest BCUT2D eigenvalue weighted by molar-refractivity contribution is 6.36. The first kappa shape index (κ1) is 30.8. The van der Waals surface area contributed by atoms with Crippen LogP contribution in [0.3, 0.4) is 0 Å². The zero-order valence-electron chi connectivity index (χ0n) is 24.6. The van der Waals surface area contributed by atoms with E-state index in [2.05, 4.69) is 27.0 Å². The first-order valence-electron chi connectivity index (χ1n) is 15.0. The monoisotopic (exact) mass is 606 g/mol. The number of ether oxygens (including phenoxy) is 2. The van der Waals surface area contributed by atoms with Gasteiger partial charge in [0, 0.05) is 94.5 Å². The van der Waals surface area contributed by atoms with Crippen LogP contribution in [-0.4, -0.2) is 72.7 Å². The Kier molecular flexibility index (Phi) is 9.44. The number of amides is 1. The minimum atomic E-state index is -2.56. The summed E-state index contributed by atoms with van der Waals surface area (Å²) in [5, 5.41) is 3.22. The number of carbonyl (C=O) groups excluding carboxylic acids is 1. The number of carbonyl (C=O) groups is 1. The van der Waals surface area contributed by atoms with E-state index in [1.807, 2.05) is 26.0 Å². The Morgan fingerprint density at radius 3 is 2.52 bits per heavy atom. The van der Waals surface area contributed by atoms with Crippen LogP contribution in [-0.2, 0) is 11.3 Å². The number of nitrogens with zero attached hydrogens (tertiary/aromatic N) is 2. The molecule has 3 heterocycles. The molecule has 11 heteroatoms. The Labute approximate surface area is 250 Å². The summed E-state index contributed by atoms with van der Waals surface area (Å²) in [5.74, 6) is -2.41.